The van der Waals surface area contributed by atoms with Gasteiger partial charge >= 0.3 is 6.03 Å². The number of nitrogens with one attached hydrogen (secondary N) is 1. The molecule has 62 valence electrons. The summed E-state index contributed by atoms with van der Waals surface area (Å²) < 4.78 is 0. The lowest BCUT2D eigenvalue weighted by molar-refractivity contribution is 0.247. The summed E-state index contributed by atoms with van der Waals surface area (Å²) in [5.41, 5.74) is 5.04. The number of urea groups is 1. The molecule has 2 aliphatic rings. The van der Waals surface area contributed by atoms with Crippen LogP contribution in [0.4, 0.5) is 4.79 Å². The van der Waals surface area contributed by atoms with E-state index in [1.165, 1.54) is 25.7 Å². The molecule has 2 rings (SSSR count). The van der Waals surface area contributed by atoms with Gasteiger partial charge in [-0.25, -0.2) is 4.79 Å². The second kappa shape index (κ2) is 2.40. The molecule has 0 aromatic rings. The van der Waals surface area contributed by atoms with Gasteiger partial charge in [-0.2, -0.15) is 0 Å². The predicted molar refractivity (Wildman–Crippen MR) is 42.0 cm³/mol. The van der Waals surface area contributed by atoms with Crippen molar-refractivity contribution in [3.05, 3.63) is 0 Å². The molecular formula is C8H14N2O. The Kier molecular flexibility index (Phi) is 1.51. The van der Waals surface area contributed by atoms with Crippen LogP contribution in [0.2, 0.25) is 0 Å². The van der Waals surface area contributed by atoms with Crippen LogP contribution in [0, 0.1) is 11.8 Å². The zero-order valence-electron chi connectivity index (χ0n) is 6.55. The highest BCUT2D eigenvalue weighted by Crippen LogP contribution is 2.49. The second-order valence-electron chi connectivity index (χ2n) is 3.65. The molecule has 0 aromatic heterocycles. The Morgan fingerprint density at radius 1 is 1.27 bits per heavy atom. The largest absolute Gasteiger partial charge is 0.352 e. The maximum Gasteiger partial charge on any atom is 0.312 e. The molecule has 0 radical (unpaired) electrons. The van der Waals surface area contributed by atoms with Gasteiger partial charge < -0.3 is 11.1 Å². The Labute approximate surface area is 66.3 Å². The summed E-state index contributed by atoms with van der Waals surface area (Å²) in [5.74, 6) is 1.52. The van der Waals surface area contributed by atoms with Gasteiger partial charge in [0.05, 0.1) is 0 Å². The number of amides is 2. The SMILES string of the molecule is NC(=O)NC1[C@H]2CCCC[C@@H]12. The molecule has 0 bridgehead atoms. The summed E-state index contributed by atoms with van der Waals surface area (Å²) in [6, 6.07) is 0.0689. The number of fused-ring (bicyclic) bond motifs is 1. The van der Waals surface area contributed by atoms with Gasteiger partial charge in [-0.05, 0) is 24.7 Å². The normalized spacial score (nSPS) is 40.9. The summed E-state index contributed by atoms with van der Waals surface area (Å²) >= 11 is 0. The van der Waals surface area contributed by atoms with Crippen LogP contribution in [-0.4, -0.2) is 12.1 Å². The molecule has 2 amide bonds. The zero-order chi connectivity index (χ0) is 7.84. The van der Waals surface area contributed by atoms with Crippen molar-refractivity contribution in [2.24, 2.45) is 17.6 Å². The Morgan fingerprint density at radius 2 is 1.82 bits per heavy atom. The van der Waals surface area contributed by atoms with E-state index in [0.717, 1.165) is 11.8 Å². The molecule has 1 unspecified atom stereocenters. The van der Waals surface area contributed by atoms with E-state index in [-0.39, 0.29) is 6.03 Å². The first kappa shape index (κ1) is 6.95. The molecule has 0 aromatic carbocycles. The van der Waals surface area contributed by atoms with Crippen molar-refractivity contribution in [2.45, 2.75) is 31.7 Å². The number of rotatable bonds is 1. The number of carbonyl (C=O) groups is 1. The molecule has 3 heteroatoms. The molecule has 0 spiro atoms. The van der Waals surface area contributed by atoms with E-state index in [4.69, 9.17) is 5.73 Å². The molecule has 3 N–H and O–H groups in total. The molecule has 3 atom stereocenters. The lowest BCUT2D eigenvalue weighted by Gasteiger charge is -2.04. The Balaban J connectivity index is 1.85. The molecule has 11 heavy (non-hydrogen) atoms. The molecular weight excluding hydrogens is 140 g/mol. The van der Waals surface area contributed by atoms with Crippen LogP contribution < -0.4 is 11.1 Å². The molecule has 0 heterocycles. The van der Waals surface area contributed by atoms with E-state index < -0.39 is 0 Å². The van der Waals surface area contributed by atoms with Crippen LogP contribution in [0.25, 0.3) is 0 Å². The van der Waals surface area contributed by atoms with E-state index in [1.54, 1.807) is 0 Å². The topological polar surface area (TPSA) is 55.1 Å². The zero-order valence-corrected chi connectivity index (χ0v) is 6.55. The van der Waals surface area contributed by atoms with Gasteiger partial charge in [-0.3, -0.25) is 0 Å². The molecule has 2 saturated carbocycles. The second-order valence-corrected chi connectivity index (χ2v) is 3.65. The van der Waals surface area contributed by atoms with Crippen LogP contribution in [0.5, 0.6) is 0 Å². The van der Waals surface area contributed by atoms with Crippen LogP contribution >= 0.6 is 0 Å². The van der Waals surface area contributed by atoms with Gasteiger partial charge in [0, 0.05) is 6.04 Å². The quantitative estimate of drug-likeness (QED) is 0.577. The lowest BCUT2D eigenvalue weighted by Crippen LogP contribution is -2.32. The first-order valence-electron chi connectivity index (χ1n) is 4.35. The van der Waals surface area contributed by atoms with Crippen molar-refractivity contribution in [3.63, 3.8) is 0 Å². The summed E-state index contributed by atoms with van der Waals surface area (Å²) in [5, 5.41) is 2.80. The standard InChI is InChI=1S/C8H14N2O/c9-8(11)10-7-5-3-1-2-4-6(5)7/h5-7H,1-4H2,(H3,9,10,11)/t5-,6+,7?. The van der Waals surface area contributed by atoms with Gasteiger partial charge in [-0.15, -0.1) is 0 Å². The minimum Gasteiger partial charge on any atom is -0.352 e. The minimum atomic E-state index is -0.357. The highest BCUT2D eigenvalue weighted by molar-refractivity contribution is 5.72. The number of nitrogens with two attached hydrogens (primary N) is 1. The number of primary amides is 1. The van der Waals surface area contributed by atoms with Gasteiger partial charge in [0.25, 0.3) is 0 Å². The fraction of sp³-hybridized carbons (Fsp3) is 0.875. The number of hydrogen-bond acceptors (Lipinski definition) is 1. The fourth-order valence-corrected chi connectivity index (χ4v) is 2.37. The maximum absolute atomic E-state index is 10.5. The third kappa shape index (κ3) is 1.19. The average molecular weight is 154 g/mol. The smallest absolute Gasteiger partial charge is 0.312 e. The first-order valence-corrected chi connectivity index (χ1v) is 4.35. The summed E-state index contributed by atoms with van der Waals surface area (Å²) in [7, 11) is 0. The first-order chi connectivity index (χ1) is 5.29. The third-order valence-electron chi connectivity index (χ3n) is 2.97. The maximum atomic E-state index is 10.5. The highest BCUT2D eigenvalue weighted by Gasteiger charge is 2.51. The van der Waals surface area contributed by atoms with Crippen molar-refractivity contribution in [1.82, 2.24) is 5.32 Å². The van der Waals surface area contributed by atoms with Crippen molar-refractivity contribution in [1.29, 1.82) is 0 Å². The number of hydrogen-bond donors (Lipinski definition) is 2. The van der Waals surface area contributed by atoms with Crippen molar-refractivity contribution < 1.29 is 4.79 Å². The minimum absolute atomic E-state index is 0.357. The van der Waals surface area contributed by atoms with Crippen LogP contribution in [-0.2, 0) is 0 Å². The Hall–Kier alpha value is -0.730. The van der Waals surface area contributed by atoms with E-state index in [1.807, 2.05) is 0 Å². The van der Waals surface area contributed by atoms with Crippen LogP contribution in [0.15, 0.2) is 0 Å². The highest BCUT2D eigenvalue weighted by atomic mass is 16.2. The van der Waals surface area contributed by atoms with Crippen molar-refractivity contribution in [2.75, 3.05) is 0 Å². The van der Waals surface area contributed by atoms with E-state index in [2.05, 4.69) is 5.32 Å². The third-order valence-corrected chi connectivity index (χ3v) is 2.97. The van der Waals surface area contributed by atoms with E-state index >= 15 is 0 Å². The lowest BCUT2D eigenvalue weighted by atomic mass is 10.0. The van der Waals surface area contributed by atoms with E-state index in [0.29, 0.717) is 6.04 Å². The summed E-state index contributed by atoms with van der Waals surface area (Å²) in [4.78, 5) is 10.5. The molecule has 2 aliphatic carbocycles. The van der Waals surface area contributed by atoms with Gasteiger partial charge in [0.15, 0.2) is 0 Å². The van der Waals surface area contributed by atoms with Crippen molar-refractivity contribution >= 4 is 6.03 Å². The predicted octanol–water partition coefficient (Wildman–Crippen LogP) is 0.843. The molecule has 0 saturated heterocycles. The van der Waals surface area contributed by atoms with E-state index in [9.17, 15) is 4.79 Å². The fourth-order valence-electron chi connectivity index (χ4n) is 2.37. The van der Waals surface area contributed by atoms with Gasteiger partial charge in [0.1, 0.15) is 0 Å². The van der Waals surface area contributed by atoms with Gasteiger partial charge in [0.2, 0.25) is 0 Å². The molecule has 2 fully saturated rings. The van der Waals surface area contributed by atoms with Gasteiger partial charge in [-0.1, -0.05) is 12.8 Å². The molecule has 3 nitrogen and oxygen atoms in total. The van der Waals surface area contributed by atoms with Crippen LogP contribution in [0.3, 0.4) is 0 Å². The Morgan fingerprint density at radius 3 is 2.27 bits per heavy atom. The van der Waals surface area contributed by atoms with Crippen molar-refractivity contribution in [3.8, 4) is 0 Å². The Bertz CT molecular complexity index is 169. The molecule has 0 aliphatic heterocycles. The van der Waals surface area contributed by atoms with Crippen LogP contribution in [0.1, 0.15) is 25.7 Å². The monoisotopic (exact) mass is 154 g/mol. The average Bonchev–Trinajstić information content (AvgIpc) is 2.64. The summed E-state index contributed by atoms with van der Waals surface area (Å²) in [6.45, 7) is 0. The summed E-state index contributed by atoms with van der Waals surface area (Å²) in [6.07, 6.45) is 5.24. The number of carbonyl (C=O) groups excluding carboxylic acids is 1.